The number of carbonyl (C=O) groups is 3. The van der Waals surface area contributed by atoms with Gasteiger partial charge in [0.15, 0.2) is 5.79 Å². The standard InChI is InChI=1S/C33H60N2O6/c1-8-9-10-11-12-13-14-15-16-17-18-19-22-31(2,3)30(38)35-23-20-25-39-27(36)21-24-34-29(37)28-32(4,5)26-40-33(6,7)41-28/h13-14,28H,8-12,15-26H2,1-7H3,(H,34,37)(H,35,38)/b14-13+. The van der Waals surface area contributed by atoms with Gasteiger partial charge < -0.3 is 24.8 Å². The molecule has 0 saturated carbocycles. The fourth-order valence-electron chi connectivity index (χ4n) is 4.69. The van der Waals surface area contributed by atoms with Crippen molar-refractivity contribution in [3.05, 3.63) is 12.2 Å². The summed E-state index contributed by atoms with van der Waals surface area (Å²) >= 11 is 0. The second kappa shape index (κ2) is 19.3. The summed E-state index contributed by atoms with van der Waals surface area (Å²) in [5, 5.41) is 5.75. The summed E-state index contributed by atoms with van der Waals surface area (Å²) in [6, 6.07) is 0. The molecule has 0 spiro atoms. The summed E-state index contributed by atoms with van der Waals surface area (Å²) in [5.41, 5.74) is -0.880. The number of esters is 1. The topological polar surface area (TPSA) is 103 Å². The Hall–Kier alpha value is -1.93. The first-order chi connectivity index (χ1) is 19.3. The number of hydrogen-bond acceptors (Lipinski definition) is 6. The summed E-state index contributed by atoms with van der Waals surface area (Å²) in [5.74, 6) is -1.43. The Labute approximate surface area is 250 Å². The van der Waals surface area contributed by atoms with Gasteiger partial charge in [0.25, 0.3) is 0 Å². The van der Waals surface area contributed by atoms with Gasteiger partial charge in [-0.2, -0.15) is 0 Å². The zero-order valence-electron chi connectivity index (χ0n) is 27.2. The van der Waals surface area contributed by atoms with Crippen LogP contribution < -0.4 is 10.6 Å². The molecule has 8 nitrogen and oxygen atoms in total. The van der Waals surface area contributed by atoms with Crippen molar-refractivity contribution >= 4 is 17.8 Å². The molecule has 0 aliphatic carbocycles. The van der Waals surface area contributed by atoms with Crippen molar-refractivity contribution in [3.63, 3.8) is 0 Å². The van der Waals surface area contributed by atoms with Crippen molar-refractivity contribution in [2.24, 2.45) is 10.8 Å². The van der Waals surface area contributed by atoms with E-state index >= 15 is 0 Å². The molecule has 0 aromatic carbocycles. The summed E-state index contributed by atoms with van der Waals surface area (Å²) in [4.78, 5) is 37.3. The van der Waals surface area contributed by atoms with Crippen molar-refractivity contribution < 1.29 is 28.6 Å². The van der Waals surface area contributed by atoms with E-state index in [4.69, 9.17) is 14.2 Å². The summed E-state index contributed by atoms with van der Waals surface area (Å²) in [7, 11) is 0. The smallest absolute Gasteiger partial charge is 0.307 e. The summed E-state index contributed by atoms with van der Waals surface area (Å²) in [6.07, 6.45) is 17.7. The number of unbranched alkanes of at least 4 members (excludes halogenated alkanes) is 8. The molecule has 1 heterocycles. The Kier molecular flexibility index (Phi) is 17.5. The molecule has 0 radical (unpaired) electrons. The maximum Gasteiger partial charge on any atom is 0.307 e. The molecule has 1 atom stereocenters. The lowest BCUT2D eigenvalue weighted by molar-refractivity contribution is -0.304. The highest BCUT2D eigenvalue weighted by molar-refractivity contribution is 5.82. The number of ether oxygens (including phenoxy) is 3. The molecule has 1 aliphatic heterocycles. The van der Waals surface area contributed by atoms with Gasteiger partial charge in [-0.1, -0.05) is 85.3 Å². The van der Waals surface area contributed by atoms with Gasteiger partial charge in [-0.05, 0) is 52.4 Å². The Bertz CT molecular complexity index is 806. The van der Waals surface area contributed by atoms with Gasteiger partial charge >= 0.3 is 5.97 Å². The quantitative estimate of drug-likeness (QED) is 0.0899. The minimum absolute atomic E-state index is 0.0407. The van der Waals surface area contributed by atoms with Crippen molar-refractivity contribution in [2.45, 2.75) is 144 Å². The summed E-state index contributed by atoms with van der Waals surface area (Å²) in [6.45, 7) is 14.9. The second-order valence-electron chi connectivity index (χ2n) is 13.2. The van der Waals surface area contributed by atoms with Crippen LogP contribution >= 0.6 is 0 Å². The van der Waals surface area contributed by atoms with Crippen LogP contribution in [0.25, 0.3) is 0 Å². The number of hydrogen-bond donors (Lipinski definition) is 2. The Morgan fingerprint density at radius 1 is 0.878 bits per heavy atom. The Balaban J connectivity index is 2.09. The monoisotopic (exact) mass is 580 g/mol. The molecular formula is C33H60N2O6. The maximum atomic E-state index is 12.6. The molecule has 1 rings (SSSR count). The summed E-state index contributed by atoms with van der Waals surface area (Å²) < 4.78 is 16.7. The number of amides is 2. The van der Waals surface area contributed by atoms with E-state index in [2.05, 4.69) is 29.7 Å². The third-order valence-electron chi connectivity index (χ3n) is 7.57. The minimum Gasteiger partial charge on any atom is -0.466 e. The highest BCUT2D eigenvalue weighted by Crippen LogP contribution is 2.34. The first-order valence-electron chi connectivity index (χ1n) is 16.0. The van der Waals surface area contributed by atoms with Crippen LogP contribution in [0, 0.1) is 10.8 Å². The SMILES string of the molecule is CCCCCC/C=C/CCCCCCC(C)(C)C(=O)NCCCOC(=O)CCNC(=O)C1OC(C)(C)OCC1(C)C. The predicted octanol–water partition coefficient (Wildman–Crippen LogP) is 6.61. The van der Waals surface area contributed by atoms with E-state index in [0.29, 0.717) is 19.6 Å². The van der Waals surface area contributed by atoms with Gasteiger partial charge in [0.05, 0.1) is 19.6 Å². The molecule has 0 aromatic rings. The second-order valence-corrected chi connectivity index (χ2v) is 13.2. The van der Waals surface area contributed by atoms with Crippen LogP contribution in [0.5, 0.6) is 0 Å². The third kappa shape index (κ3) is 16.3. The van der Waals surface area contributed by atoms with Crippen LogP contribution in [0.2, 0.25) is 0 Å². The largest absolute Gasteiger partial charge is 0.466 e. The van der Waals surface area contributed by atoms with E-state index < -0.39 is 22.7 Å². The lowest BCUT2D eigenvalue weighted by Gasteiger charge is -2.44. The maximum absolute atomic E-state index is 12.6. The van der Waals surface area contributed by atoms with Gasteiger partial charge in [0.1, 0.15) is 6.10 Å². The number of rotatable bonds is 21. The molecule has 1 saturated heterocycles. The molecule has 0 bridgehead atoms. The molecule has 8 heteroatoms. The first kappa shape index (κ1) is 37.1. The van der Waals surface area contributed by atoms with Gasteiger partial charge in [-0.3, -0.25) is 14.4 Å². The highest BCUT2D eigenvalue weighted by Gasteiger charge is 2.45. The van der Waals surface area contributed by atoms with Crippen LogP contribution in [0.3, 0.4) is 0 Å². The molecular weight excluding hydrogens is 520 g/mol. The van der Waals surface area contributed by atoms with E-state index in [1.807, 2.05) is 27.7 Å². The van der Waals surface area contributed by atoms with E-state index in [-0.39, 0.29) is 37.4 Å². The lowest BCUT2D eigenvalue weighted by Crippen LogP contribution is -2.56. The lowest BCUT2D eigenvalue weighted by atomic mass is 9.85. The number of carbonyl (C=O) groups excluding carboxylic acids is 3. The van der Waals surface area contributed by atoms with Crippen molar-refractivity contribution in [3.8, 4) is 0 Å². The van der Waals surface area contributed by atoms with Gasteiger partial charge in [0, 0.05) is 23.9 Å². The van der Waals surface area contributed by atoms with Crippen LogP contribution in [-0.2, 0) is 28.6 Å². The number of nitrogens with one attached hydrogen (secondary N) is 2. The van der Waals surface area contributed by atoms with Gasteiger partial charge in [0.2, 0.25) is 11.8 Å². The van der Waals surface area contributed by atoms with E-state index in [0.717, 1.165) is 25.7 Å². The van der Waals surface area contributed by atoms with E-state index in [1.165, 1.54) is 44.9 Å². The van der Waals surface area contributed by atoms with Crippen LogP contribution in [0.4, 0.5) is 0 Å². The van der Waals surface area contributed by atoms with Gasteiger partial charge in [-0.15, -0.1) is 0 Å². The predicted molar refractivity (Wildman–Crippen MR) is 164 cm³/mol. The average Bonchev–Trinajstić information content (AvgIpc) is 2.90. The van der Waals surface area contributed by atoms with E-state index in [1.54, 1.807) is 13.8 Å². The minimum atomic E-state index is -0.828. The fourth-order valence-corrected chi connectivity index (χ4v) is 4.69. The van der Waals surface area contributed by atoms with Crippen molar-refractivity contribution in [1.29, 1.82) is 0 Å². The molecule has 2 amide bonds. The van der Waals surface area contributed by atoms with Crippen molar-refractivity contribution in [2.75, 3.05) is 26.3 Å². The third-order valence-corrected chi connectivity index (χ3v) is 7.57. The Morgan fingerprint density at radius 2 is 1.51 bits per heavy atom. The molecule has 41 heavy (non-hydrogen) atoms. The van der Waals surface area contributed by atoms with Crippen molar-refractivity contribution in [1.82, 2.24) is 10.6 Å². The normalized spacial score (nSPS) is 18.3. The zero-order chi connectivity index (χ0) is 30.8. The van der Waals surface area contributed by atoms with E-state index in [9.17, 15) is 14.4 Å². The molecule has 1 fully saturated rings. The van der Waals surface area contributed by atoms with Crippen LogP contribution in [-0.4, -0.2) is 56.0 Å². The molecule has 1 aliphatic rings. The van der Waals surface area contributed by atoms with Crippen LogP contribution in [0.15, 0.2) is 12.2 Å². The molecule has 1 unspecified atom stereocenters. The average molecular weight is 581 g/mol. The van der Waals surface area contributed by atoms with Crippen LogP contribution in [0.1, 0.15) is 132 Å². The highest BCUT2D eigenvalue weighted by atomic mass is 16.7. The first-order valence-corrected chi connectivity index (χ1v) is 16.0. The molecule has 238 valence electrons. The molecule has 2 N–H and O–H groups in total. The Morgan fingerprint density at radius 3 is 2.17 bits per heavy atom. The number of allylic oxidation sites excluding steroid dienone is 2. The van der Waals surface area contributed by atoms with Gasteiger partial charge in [-0.25, -0.2) is 0 Å². The zero-order valence-corrected chi connectivity index (χ0v) is 27.2. The molecule has 0 aromatic heterocycles. The fraction of sp³-hybridized carbons (Fsp3) is 0.848.